The van der Waals surface area contributed by atoms with Gasteiger partial charge in [0.1, 0.15) is 0 Å². The molecule has 0 aromatic rings. The van der Waals surface area contributed by atoms with E-state index in [4.69, 9.17) is 0 Å². The molecular weight excluding hydrogens is 158 g/mol. The molecule has 0 saturated heterocycles. The number of ketones is 1. The summed E-state index contributed by atoms with van der Waals surface area (Å²) in [4.78, 5) is 25.2. The topological polar surface area (TPSA) is 55.7 Å². The predicted octanol–water partition coefficient (Wildman–Crippen LogP) is 1.44. The number of nitrogens with zero attached hydrogens (tertiary/aromatic N) is 1. The maximum absolute atomic E-state index is 11.2. The summed E-state index contributed by atoms with van der Waals surface area (Å²) in [5.74, 6) is -0.279. The van der Waals surface area contributed by atoms with Crippen LogP contribution in [0.4, 0.5) is 4.79 Å². The molecule has 0 saturated carbocycles. The van der Waals surface area contributed by atoms with E-state index in [1.807, 2.05) is 0 Å². The Hall–Kier alpha value is -1.19. The predicted molar refractivity (Wildman–Crippen MR) is 45.4 cm³/mol. The van der Waals surface area contributed by atoms with Gasteiger partial charge in [-0.05, 0) is 6.92 Å². The third-order valence-electron chi connectivity index (χ3n) is 1.31. The van der Waals surface area contributed by atoms with Gasteiger partial charge in [-0.25, -0.2) is 4.79 Å². The molecule has 0 N–H and O–H groups in total. The van der Waals surface area contributed by atoms with Gasteiger partial charge in [0.25, 0.3) is 0 Å². The summed E-state index contributed by atoms with van der Waals surface area (Å²) in [6.45, 7) is 5.00. The molecule has 0 aliphatic heterocycles. The lowest BCUT2D eigenvalue weighted by Crippen LogP contribution is -2.18. The summed E-state index contributed by atoms with van der Waals surface area (Å²) in [7, 11) is 1.22. The highest BCUT2D eigenvalue weighted by molar-refractivity contribution is 6.40. The molecule has 12 heavy (non-hydrogen) atoms. The molecule has 4 heteroatoms. The van der Waals surface area contributed by atoms with Crippen molar-refractivity contribution in [1.29, 1.82) is 0 Å². The molecule has 0 fully saturated rings. The van der Waals surface area contributed by atoms with Crippen molar-refractivity contribution in [3.8, 4) is 0 Å². The molecule has 0 aliphatic carbocycles. The zero-order valence-electron chi connectivity index (χ0n) is 7.75. The van der Waals surface area contributed by atoms with Crippen LogP contribution < -0.4 is 0 Å². The summed E-state index contributed by atoms with van der Waals surface area (Å²) in [5.41, 5.74) is 0.192. The molecule has 68 valence electrons. The number of hydrogen-bond donors (Lipinski definition) is 0. The minimum Gasteiger partial charge on any atom is -0.451 e. The van der Waals surface area contributed by atoms with E-state index in [1.165, 1.54) is 14.0 Å². The summed E-state index contributed by atoms with van der Waals surface area (Å²) in [5, 5.41) is 0. The number of hydrogen-bond acceptors (Lipinski definition) is 3. The third-order valence-corrected chi connectivity index (χ3v) is 1.31. The minimum absolute atomic E-state index is 0.139. The van der Waals surface area contributed by atoms with E-state index < -0.39 is 6.09 Å². The second-order valence-corrected chi connectivity index (χ2v) is 2.69. The van der Waals surface area contributed by atoms with Gasteiger partial charge in [-0.2, -0.15) is 4.99 Å². The number of carbonyl (C=O) groups excluding carboxylic acids is 2. The maximum atomic E-state index is 11.2. The lowest BCUT2D eigenvalue weighted by molar-refractivity contribution is -0.115. The molecule has 0 unspecified atom stereocenters. The monoisotopic (exact) mass is 171 g/mol. The van der Waals surface area contributed by atoms with E-state index in [0.29, 0.717) is 0 Å². The molecule has 0 heterocycles. The lowest BCUT2D eigenvalue weighted by atomic mass is 10.1. The fourth-order valence-corrected chi connectivity index (χ4v) is 0.655. The smallest absolute Gasteiger partial charge is 0.433 e. The second kappa shape index (κ2) is 4.64. The van der Waals surface area contributed by atoms with Gasteiger partial charge in [0.15, 0.2) is 5.78 Å². The van der Waals surface area contributed by atoms with E-state index in [2.05, 4.69) is 9.73 Å². The standard InChI is InChI=1S/C8H13NO3/c1-5(2)7(10)6(3)9-8(11)12-4/h5H,1-4H3. The highest BCUT2D eigenvalue weighted by Gasteiger charge is 2.12. The van der Waals surface area contributed by atoms with Crippen molar-refractivity contribution in [2.45, 2.75) is 20.8 Å². The highest BCUT2D eigenvalue weighted by atomic mass is 16.5. The van der Waals surface area contributed by atoms with E-state index in [0.717, 1.165) is 0 Å². The van der Waals surface area contributed by atoms with Gasteiger partial charge in [0, 0.05) is 5.92 Å². The van der Waals surface area contributed by atoms with Crippen molar-refractivity contribution in [1.82, 2.24) is 0 Å². The van der Waals surface area contributed by atoms with Crippen LogP contribution in [0.2, 0.25) is 0 Å². The van der Waals surface area contributed by atoms with E-state index in [1.54, 1.807) is 13.8 Å². The van der Waals surface area contributed by atoms with Crippen LogP contribution in [0.3, 0.4) is 0 Å². The van der Waals surface area contributed by atoms with Crippen LogP contribution in [0.1, 0.15) is 20.8 Å². The Labute approximate surface area is 71.6 Å². The van der Waals surface area contributed by atoms with Crippen molar-refractivity contribution < 1.29 is 14.3 Å². The van der Waals surface area contributed by atoms with Crippen LogP contribution in [0.5, 0.6) is 0 Å². The number of Topliss-reactive ketones (excluding diaryl/α,β-unsaturated/α-hetero) is 1. The second-order valence-electron chi connectivity index (χ2n) is 2.69. The third kappa shape index (κ3) is 3.27. The Morgan fingerprint density at radius 1 is 1.33 bits per heavy atom. The van der Waals surface area contributed by atoms with Crippen molar-refractivity contribution in [3.63, 3.8) is 0 Å². The van der Waals surface area contributed by atoms with Gasteiger partial charge < -0.3 is 4.74 Å². The number of carbonyl (C=O) groups is 2. The fraction of sp³-hybridized carbons (Fsp3) is 0.625. The van der Waals surface area contributed by atoms with Gasteiger partial charge in [-0.15, -0.1) is 0 Å². The zero-order chi connectivity index (χ0) is 9.72. The molecule has 0 aromatic heterocycles. The van der Waals surface area contributed by atoms with Gasteiger partial charge >= 0.3 is 6.09 Å². The largest absolute Gasteiger partial charge is 0.451 e. The molecule has 0 spiro atoms. The fourth-order valence-electron chi connectivity index (χ4n) is 0.655. The van der Waals surface area contributed by atoms with Crippen molar-refractivity contribution >= 4 is 17.6 Å². The molecular formula is C8H13NO3. The Morgan fingerprint density at radius 3 is 2.17 bits per heavy atom. The summed E-state index contributed by atoms with van der Waals surface area (Å²) >= 11 is 0. The van der Waals surface area contributed by atoms with Gasteiger partial charge in [0.05, 0.1) is 12.8 Å². The first kappa shape index (κ1) is 10.8. The normalized spacial score (nSPS) is 11.6. The molecule has 4 nitrogen and oxygen atoms in total. The molecule has 0 bridgehead atoms. The molecule has 0 aromatic carbocycles. The Bertz CT molecular complexity index is 218. The van der Waals surface area contributed by atoms with Gasteiger partial charge in [-0.1, -0.05) is 13.8 Å². The Kier molecular flexibility index (Phi) is 4.18. The average Bonchev–Trinajstić information content (AvgIpc) is 2.02. The molecule has 0 radical (unpaired) electrons. The molecule has 1 amide bonds. The van der Waals surface area contributed by atoms with Crippen LogP contribution in [0, 0.1) is 5.92 Å². The highest BCUT2D eigenvalue weighted by Crippen LogP contribution is 1.97. The SMILES string of the molecule is COC(=O)N=C(C)C(=O)C(C)C. The molecule has 0 atom stereocenters. The van der Waals surface area contributed by atoms with Gasteiger partial charge in [-0.3, -0.25) is 4.79 Å². The quantitative estimate of drug-likeness (QED) is 0.590. The number of ether oxygens (including phenoxy) is 1. The lowest BCUT2D eigenvalue weighted by Gasteiger charge is -2.01. The van der Waals surface area contributed by atoms with E-state index in [-0.39, 0.29) is 17.4 Å². The molecule has 0 aliphatic rings. The van der Waals surface area contributed by atoms with E-state index in [9.17, 15) is 9.59 Å². The molecule has 0 rings (SSSR count). The van der Waals surface area contributed by atoms with Crippen molar-refractivity contribution in [2.75, 3.05) is 7.11 Å². The van der Waals surface area contributed by atoms with E-state index >= 15 is 0 Å². The first-order chi connectivity index (χ1) is 5.49. The number of rotatable bonds is 2. The number of aliphatic imine (C=N–C) groups is 1. The van der Waals surface area contributed by atoms with Crippen molar-refractivity contribution in [2.24, 2.45) is 10.9 Å². The Balaban J connectivity index is 4.38. The van der Waals surface area contributed by atoms with Crippen LogP contribution >= 0.6 is 0 Å². The summed E-state index contributed by atoms with van der Waals surface area (Å²) in [6, 6.07) is 0. The Morgan fingerprint density at radius 2 is 1.83 bits per heavy atom. The first-order valence-electron chi connectivity index (χ1n) is 3.66. The van der Waals surface area contributed by atoms with Crippen molar-refractivity contribution in [3.05, 3.63) is 0 Å². The van der Waals surface area contributed by atoms with Crippen LogP contribution in [-0.2, 0) is 9.53 Å². The summed E-state index contributed by atoms with van der Waals surface area (Å²) in [6.07, 6.45) is -0.735. The van der Waals surface area contributed by atoms with Crippen LogP contribution in [-0.4, -0.2) is 24.7 Å². The maximum Gasteiger partial charge on any atom is 0.433 e. The van der Waals surface area contributed by atoms with Crippen LogP contribution in [0.15, 0.2) is 4.99 Å². The van der Waals surface area contributed by atoms with Gasteiger partial charge in [0.2, 0.25) is 0 Å². The average molecular weight is 171 g/mol. The minimum atomic E-state index is -0.735. The summed E-state index contributed by atoms with van der Waals surface area (Å²) < 4.78 is 4.27. The first-order valence-corrected chi connectivity index (χ1v) is 3.66. The number of amides is 1. The zero-order valence-corrected chi connectivity index (χ0v) is 7.75. The van der Waals surface area contributed by atoms with Crippen LogP contribution in [0.25, 0.3) is 0 Å². The number of methoxy groups -OCH3 is 1.